The highest BCUT2D eigenvalue weighted by Crippen LogP contribution is 2.47. The molecule has 136 valence electrons. The van der Waals surface area contributed by atoms with Crippen LogP contribution < -0.4 is 5.32 Å². The average molecular weight is 408 g/mol. The molecule has 0 aromatic heterocycles. The normalized spacial score (nSPS) is 20.0. The Morgan fingerprint density at radius 1 is 0.962 bits per heavy atom. The Morgan fingerprint density at radius 2 is 1.77 bits per heavy atom. The van der Waals surface area contributed by atoms with Gasteiger partial charge in [-0.25, -0.2) is 0 Å². The highest BCUT2D eigenvalue weighted by molar-refractivity contribution is 6.36. The van der Waals surface area contributed by atoms with Gasteiger partial charge in [0.15, 0.2) is 0 Å². The lowest BCUT2D eigenvalue weighted by molar-refractivity contribution is 0.278. The largest absolute Gasteiger partial charge is 0.343 e. The van der Waals surface area contributed by atoms with Gasteiger partial charge in [0.1, 0.15) is 5.84 Å². The van der Waals surface area contributed by atoms with Crippen LogP contribution in [0.1, 0.15) is 43.2 Å². The minimum atomic E-state index is 0.0568. The van der Waals surface area contributed by atoms with E-state index in [1.165, 1.54) is 24.8 Å². The van der Waals surface area contributed by atoms with E-state index >= 15 is 0 Å². The van der Waals surface area contributed by atoms with Gasteiger partial charge >= 0.3 is 0 Å². The number of amidine groups is 1. The Bertz CT molecular complexity index is 854. The second-order valence-corrected chi connectivity index (χ2v) is 8.63. The summed E-state index contributed by atoms with van der Waals surface area (Å²) in [4.78, 5) is 4.99. The molecule has 1 N–H and O–H groups in total. The van der Waals surface area contributed by atoms with E-state index in [0.29, 0.717) is 11.6 Å². The van der Waals surface area contributed by atoms with Gasteiger partial charge in [-0.1, -0.05) is 66.2 Å². The van der Waals surface area contributed by atoms with Crippen LogP contribution in [-0.4, -0.2) is 5.84 Å². The maximum Gasteiger partial charge on any atom is 0.108 e. The SMILES string of the molecule is Clc1cccc(CN=C2Nc3cc(Cl)cc(Cl)c3CC23CCCCC3)c1. The lowest BCUT2D eigenvalue weighted by Gasteiger charge is -2.43. The lowest BCUT2D eigenvalue weighted by atomic mass is 9.67. The molecule has 0 amide bonds. The first-order valence-corrected chi connectivity index (χ1v) is 10.2. The number of nitrogens with zero attached hydrogens (tertiary/aromatic N) is 1. The molecular weight excluding hydrogens is 387 g/mol. The molecule has 2 aromatic carbocycles. The molecule has 0 unspecified atom stereocenters. The molecule has 26 heavy (non-hydrogen) atoms. The van der Waals surface area contributed by atoms with Crippen molar-refractivity contribution in [2.75, 3.05) is 5.32 Å². The van der Waals surface area contributed by atoms with Crippen molar-refractivity contribution in [2.45, 2.75) is 45.1 Å². The van der Waals surface area contributed by atoms with E-state index in [1.54, 1.807) is 0 Å². The van der Waals surface area contributed by atoms with Gasteiger partial charge in [0.05, 0.1) is 6.54 Å². The van der Waals surface area contributed by atoms with Gasteiger partial charge in [0, 0.05) is 26.2 Å². The minimum absolute atomic E-state index is 0.0568. The molecule has 4 rings (SSSR count). The zero-order valence-corrected chi connectivity index (χ0v) is 16.8. The van der Waals surface area contributed by atoms with Crippen LogP contribution in [0, 0.1) is 5.41 Å². The van der Waals surface area contributed by atoms with E-state index in [9.17, 15) is 0 Å². The molecule has 0 bridgehead atoms. The van der Waals surface area contributed by atoms with Crippen molar-refractivity contribution in [3.63, 3.8) is 0 Å². The summed E-state index contributed by atoms with van der Waals surface area (Å²) in [6, 6.07) is 11.7. The number of halogens is 3. The third-order valence-corrected chi connectivity index (χ3v) is 6.34. The van der Waals surface area contributed by atoms with Crippen LogP contribution >= 0.6 is 34.8 Å². The van der Waals surface area contributed by atoms with Crippen LogP contribution in [0.5, 0.6) is 0 Å². The third kappa shape index (κ3) is 3.60. The second-order valence-electron chi connectivity index (χ2n) is 7.35. The molecule has 1 aliphatic heterocycles. The van der Waals surface area contributed by atoms with Crippen molar-refractivity contribution in [1.29, 1.82) is 0 Å². The highest BCUT2D eigenvalue weighted by Gasteiger charge is 2.41. The van der Waals surface area contributed by atoms with Gasteiger partial charge < -0.3 is 5.32 Å². The summed E-state index contributed by atoms with van der Waals surface area (Å²) in [5.41, 5.74) is 3.33. The maximum absolute atomic E-state index is 6.51. The second kappa shape index (κ2) is 7.42. The fourth-order valence-corrected chi connectivity index (χ4v) is 5.01. The van der Waals surface area contributed by atoms with Crippen molar-refractivity contribution in [1.82, 2.24) is 0 Å². The summed E-state index contributed by atoms with van der Waals surface area (Å²) in [7, 11) is 0. The highest BCUT2D eigenvalue weighted by atomic mass is 35.5. The van der Waals surface area contributed by atoms with E-state index in [-0.39, 0.29) is 5.41 Å². The summed E-state index contributed by atoms with van der Waals surface area (Å²) in [5.74, 6) is 1.07. The summed E-state index contributed by atoms with van der Waals surface area (Å²) in [6.45, 7) is 0.619. The Balaban J connectivity index is 1.71. The van der Waals surface area contributed by atoms with Crippen molar-refractivity contribution in [3.8, 4) is 0 Å². The van der Waals surface area contributed by atoms with Crippen LogP contribution in [0.4, 0.5) is 5.69 Å². The number of hydrogen-bond acceptors (Lipinski definition) is 1. The Labute approximate surface area is 169 Å². The Kier molecular flexibility index (Phi) is 5.18. The number of rotatable bonds is 2. The van der Waals surface area contributed by atoms with Gasteiger partial charge in [-0.15, -0.1) is 0 Å². The minimum Gasteiger partial charge on any atom is -0.343 e. The molecule has 2 aromatic rings. The first-order valence-electron chi connectivity index (χ1n) is 9.10. The zero-order valence-electron chi connectivity index (χ0n) is 14.5. The molecule has 5 heteroatoms. The number of nitrogens with one attached hydrogen (secondary N) is 1. The van der Waals surface area contributed by atoms with Crippen LogP contribution in [-0.2, 0) is 13.0 Å². The fraction of sp³-hybridized carbons (Fsp3) is 0.381. The van der Waals surface area contributed by atoms with Gasteiger partial charge in [-0.2, -0.15) is 0 Å². The summed E-state index contributed by atoms with van der Waals surface area (Å²) >= 11 is 18.8. The molecule has 1 saturated carbocycles. The van der Waals surface area contributed by atoms with E-state index in [2.05, 4.69) is 11.4 Å². The van der Waals surface area contributed by atoms with Crippen LogP contribution in [0.3, 0.4) is 0 Å². The summed E-state index contributed by atoms with van der Waals surface area (Å²) in [5, 5.41) is 5.72. The Morgan fingerprint density at radius 3 is 2.54 bits per heavy atom. The van der Waals surface area contributed by atoms with Gasteiger partial charge in [-0.05, 0) is 54.7 Å². The van der Waals surface area contributed by atoms with Crippen molar-refractivity contribution < 1.29 is 0 Å². The number of anilines is 1. The Hall–Kier alpha value is -1.22. The van der Waals surface area contributed by atoms with E-state index in [1.807, 2.05) is 30.3 Å². The van der Waals surface area contributed by atoms with E-state index < -0.39 is 0 Å². The standard InChI is InChI=1S/C21H21Cl3N2/c22-15-6-4-5-14(9-15)13-25-20-21(7-2-1-3-8-21)12-17-18(24)10-16(23)11-19(17)26-20/h4-6,9-11H,1-3,7-8,12-13H2,(H,25,26). The summed E-state index contributed by atoms with van der Waals surface area (Å²) in [6.07, 6.45) is 6.99. The van der Waals surface area contributed by atoms with E-state index in [0.717, 1.165) is 46.4 Å². The zero-order chi connectivity index (χ0) is 18.1. The monoisotopic (exact) mass is 406 g/mol. The molecule has 2 aliphatic rings. The molecule has 1 spiro atoms. The first kappa shape index (κ1) is 18.2. The quantitative estimate of drug-likeness (QED) is 0.561. The maximum atomic E-state index is 6.51. The molecule has 1 fully saturated rings. The van der Waals surface area contributed by atoms with Crippen LogP contribution in [0.2, 0.25) is 15.1 Å². The number of benzene rings is 2. The molecule has 0 atom stereocenters. The first-order chi connectivity index (χ1) is 12.6. The fourth-order valence-electron chi connectivity index (χ4n) is 4.23. The van der Waals surface area contributed by atoms with Crippen LogP contribution in [0.25, 0.3) is 0 Å². The topological polar surface area (TPSA) is 24.4 Å². The molecule has 1 heterocycles. The smallest absolute Gasteiger partial charge is 0.108 e. The summed E-state index contributed by atoms with van der Waals surface area (Å²) < 4.78 is 0. The van der Waals surface area contributed by atoms with Crippen molar-refractivity contribution in [2.24, 2.45) is 10.4 Å². The molecule has 1 aliphatic carbocycles. The average Bonchev–Trinajstić information content (AvgIpc) is 2.62. The van der Waals surface area contributed by atoms with E-state index in [4.69, 9.17) is 39.8 Å². The molecule has 0 radical (unpaired) electrons. The van der Waals surface area contributed by atoms with Gasteiger partial charge in [-0.3, -0.25) is 4.99 Å². The molecule has 2 nitrogen and oxygen atoms in total. The van der Waals surface area contributed by atoms with Gasteiger partial charge in [0.25, 0.3) is 0 Å². The predicted octanol–water partition coefficient (Wildman–Crippen LogP) is 7.16. The molecule has 0 saturated heterocycles. The number of fused-ring (bicyclic) bond motifs is 1. The van der Waals surface area contributed by atoms with Gasteiger partial charge in [0.2, 0.25) is 0 Å². The van der Waals surface area contributed by atoms with Crippen LogP contribution in [0.15, 0.2) is 41.4 Å². The predicted molar refractivity (Wildman–Crippen MR) is 112 cm³/mol. The molecular formula is C21H21Cl3N2. The van der Waals surface area contributed by atoms with Crippen molar-refractivity contribution >= 4 is 46.3 Å². The number of hydrogen-bond donors (Lipinski definition) is 1. The third-order valence-electron chi connectivity index (χ3n) is 5.55. The van der Waals surface area contributed by atoms with Crippen molar-refractivity contribution in [3.05, 3.63) is 62.6 Å². The lowest BCUT2D eigenvalue weighted by Crippen LogP contribution is -2.43. The number of aliphatic imine (C=N–C) groups is 1.